The first kappa shape index (κ1) is 12.6. The first-order valence-corrected chi connectivity index (χ1v) is 5.96. The van der Waals surface area contributed by atoms with Crippen molar-refractivity contribution in [2.45, 2.75) is 25.7 Å². The van der Waals surface area contributed by atoms with Crippen LogP contribution in [0.1, 0.15) is 36.2 Å². The molecule has 4 heteroatoms. The van der Waals surface area contributed by atoms with Gasteiger partial charge in [-0.05, 0) is 37.1 Å². The van der Waals surface area contributed by atoms with Gasteiger partial charge in [-0.1, -0.05) is 6.92 Å². The third kappa shape index (κ3) is 1.52. The van der Waals surface area contributed by atoms with E-state index >= 15 is 0 Å². The maximum absolute atomic E-state index is 12.3. The summed E-state index contributed by atoms with van der Waals surface area (Å²) < 4.78 is 5.18. The van der Waals surface area contributed by atoms with E-state index in [-0.39, 0.29) is 11.8 Å². The zero-order valence-electron chi connectivity index (χ0n) is 11.1. The highest BCUT2D eigenvalue weighted by molar-refractivity contribution is 6.12. The number of imide groups is 1. The highest BCUT2D eigenvalue weighted by Gasteiger charge is 2.45. The standard InChI is InChI=1S/C14H17NO3/c1-5-14(2)11-8-9(18-4)6-7-10(11)12(16)15(3)13(14)17/h6-8H,5H2,1-4H3. The molecule has 1 heterocycles. The van der Waals surface area contributed by atoms with Gasteiger partial charge in [-0.15, -0.1) is 0 Å². The van der Waals surface area contributed by atoms with Gasteiger partial charge in [-0.2, -0.15) is 0 Å². The summed E-state index contributed by atoms with van der Waals surface area (Å²) in [5, 5.41) is 0. The first-order chi connectivity index (χ1) is 8.45. The van der Waals surface area contributed by atoms with Gasteiger partial charge >= 0.3 is 0 Å². The van der Waals surface area contributed by atoms with Crippen molar-refractivity contribution in [1.29, 1.82) is 0 Å². The molecule has 0 fully saturated rings. The zero-order valence-corrected chi connectivity index (χ0v) is 11.1. The van der Waals surface area contributed by atoms with E-state index in [0.29, 0.717) is 17.7 Å². The molecule has 0 N–H and O–H groups in total. The predicted molar refractivity (Wildman–Crippen MR) is 67.7 cm³/mol. The van der Waals surface area contributed by atoms with Gasteiger partial charge in [0.05, 0.1) is 12.5 Å². The second kappa shape index (κ2) is 4.12. The lowest BCUT2D eigenvalue weighted by atomic mass is 9.74. The predicted octanol–water partition coefficient (Wildman–Crippen LogP) is 1.98. The normalized spacial score (nSPS) is 23.0. The van der Waals surface area contributed by atoms with E-state index < -0.39 is 5.41 Å². The van der Waals surface area contributed by atoms with E-state index in [1.807, 2.05) is 13.8 Å². The van der Waals surface area contributed by atoms with E-state index in [1.54, 1.807) is 25.3 Å². The molecule has 0 spiro atoms. The van der Waals surface area contributed by atoms with Gasteiger partial charge in [0.25, 0.3) is 5.91 Å². The van der Waals surface area contributed by atoms with Crippen LogP contribution < -0.4 is 4.74 Å². The summed E-state index contributed by atoms with van der Waals surface area (Å²) in [6.45, 7) is 3.82. The van der Waals surface area contributed by atoms with Crippen molar-refractivity contribution in [1.82, 2.24) is 4.90 Å². The molecule has 0 bridgehead atoms. The third-order valence-corrected chi connectivity index (χ3v) is 3.84. The smallest absolute Gasteiger partial charge is 0.260 e. The summed E-state index contributed by atoms with van der Waals surface area (Å²) in [4.78, 5) is 25.6. The summed E-state index contributed by atoms with van der Waals surface area (Å²) in [5.74, 6) is 0.262. The van der Waals surface area contributed by atoms with Crippen LogP contribution in [0.25, 0.3) is 0 Å². The van der Waals surface area contributed by atoms with Gasteiger partial charge in [0, 0.05) is 12.6 Å². The Morgan fingerprint density at radius 2 is 2.00 bits per heavy atom. The van der Waals surface area contributed by atoms with Crippen molar-refractivity contribution < 1.29 is 14.3 Å². The van der Waals surface area contributed by atoms with E-state index in [4.69, 9.17) is 4.74 Å². The first-order valence-electron chi connectivity index (χ1n) is 5.96. The lowest BCUT2D eigenvalue weighted by Gasteiger charge is -2.37. The topological polar surface area (TPSA) is 46.6 Å². The highest BCUT2D eigenvalue weighted by atomic mass is 16.5. The fraction of sp³-hybridized carbons (Fsp3) is 0.429. The average Bonchev–Trinajstić information content (AvgIpc) is 2.42. The molecule has 1 aliphatic rings. The summed E-state index contributed by atoms with van der Waals surface area (Å²) >= 11 is 0. The number of fused-ring (bicyclic) bond motifs is 1. The minimum absolute atomic E-state index is 0.157. The summed E-state index contributed by atoms with van der Waals surface area (Å²) in [7, 11) is 3.11. The van der Waals surface area contributed by atoms with Crippen LogP contribution in [-0.4, -0.2) is 30.9 Å². The minimum atomic E-state index is -0.660. The second-order valence-electron chi connectivity index (χ2n) is 4.77. The Morgan fingerprint density at radius 1 is 1.33 bits per heavy atom. The lowest BCUT2D eigenvalue weighted by Crippen LogP contribution is -2.51. The molecule has 2 rings (SSSR count). The maximum Gasteiger partial charge on any atom is 0.260 e. The average molecular weight is 247 g/mol. The van der Waals surface area contributed by atoms with Crippen LogP contribution in [0.2, 0.25) is 0 Å². The van der Waals surface area contributed by atoms with Gasteiger partial charge in [-0.3, -0.25) is 14.5 Å². The molecule has 1 aliphatic heterocycles. The number of nitrogens with zero attached hydrogens (tertiary/aromatic N) is 1. The Hall–Kier alpha value is -1.84. The number of rotatable bonds is 2. The summed E-state index contributed by atoms with van der Waals surface area (Å²) in [5.41, 5.74) is 0.687. The van der Waals surface area contributed by atoms with Crippen LogP contribution in [0.4, 0.5) is 0 Å². The molecular formula is C14H17NO3. The molecule has 0 aromatic heterocycles. The number of likely N-dealkylation sites (N-methyl/N-ethyl adjacent to an activating group) is 1. The molecule has 4 nitrogen and oxygen atoms in total. The largest absolute Gasteiger partial charge is 0.497 e. The van der Waals surface area contributed by atoms with E-state index in [1.165, 1.54) is 11.9 Å². The molecule has 1 unspecified atom stereocenters. The Balaban J connectivity index is 2.71. The highest BCUT2D eigenvalue weighted by Crippen LogP contribution is 2.38. The van der Waals surface area contributed by atoms with Crippen LogP contribution in [-0.2, 0) is 10.2 Å². The minimum Gasteiger partial charge on any atom is -0.497 e. The number of carbonyl (C=O) groups is 2. The fourth-order valence-electron chi connectivity index (χ4n) is 2.39. The van der Waals surface area contributed by atoms with E-state index in [9.17, 15) is 9.59 Å². The third-order valence-electron chi connectivity index (χ3n) is 3.84. The monoisotopic (exact) mass is 247 g/mol. The molecular weight excluding hydrogens is 230 g/mol. The molecule has 0 aliphatic carbocycles. The van der Waals surface area contributed by atoms with Crippen LogP contribution >= 0.6 is 0 Å². The van der Waals surface area contributed by atoms with Crippen LogP contribution in [0.15, 0.2) is 18.2 Å². The van der Waals surface area contributed by atoms with Crippen molar-refractivity contribution in [3.05, 3.63) is 29.3 Å². The Bertz CT molecular complexity index is 524. The number of ether oxygens (including phenoxy) is 1. The SMILES string of the molecule is CCC1(C)C(=O)N(C)C(=O)c2ccc(OC)cc21. The van der Waals surface area contributed by atoms with Crippen LogP contribution in [0, 0.1) is 0 Å². The molecule has 0 radical (unpaired) electrons. The number of carbonyl (C=O) groups excluding carboxylic acids is 2. The van der Waals surface area contributed by atoms with Crippen molar-refractivity contribution in [3.8, 4) is 5.75 Å². The second-order valence-corrected chi connectivity index (χ2v) is 4.77. The number of hydrogen-bond donors (Lipinski definition) is 0. The number of benzene rings is 1. The molecule has 96 valence electrons. The Labute approximate surface area is 107 Å². The summed E-state index contributed by atoms with van der Waals surface area (Å²) in [6.07, 6.45) is 0.642. The van der Waals surface area contributed by atoms with Gasteiger partial charge in [0.1, 0.15) is 5.75 Å². The van der Waals surface area contributed by atoms with Crippen molar-refractivity contribution >= 4 is 11.8 Å². The molecule has 1 atom stereocenters. The van der Waals surface area contributed by atoms with E-state index in [0.717, 1.165) is 5.56 Å². The van der Waals surface area contributed by atoms with Crippen LogP contribution in [0.3, 0.4) is 0 Å². The van der Waals surface area contributed by atoms with E-state index in [2.05, 4.69) is 0 Å². The molecule has 2 amide bonds. The quantitative estimate of drug-likeness (QED) is 0.751. The molecule has 1 aromatic rings. The van der Waals surface area contributed by atoms with Crippen LogP contribution in [0.5, 0.6) is 5.75 Å². The molecule has 0 saturated carbocycles. The molecule has 0 saturated heterocycles. The molecule has 18 heavy (non-hydrogen) atoms. The Morgan fingerprint density at radius 3 is 2.56 bits per heavy atom. The van der Waals surface area contributed by atoms with Crippen molar-refractivity contribution in [3.63, 3.8) is 0 Å². The fourth-order valence-corrected chi connectivity index (χ4v) is 2.39. The number of amides is 2. The zero-order chi connectivity index (χ0) is 13.5. The van der Waals surface area contributed by atoms with Gasteiger partial charge in [-0.25, -0.2) is 0 Å². The Kier molecular flexibility index (Phi) is 2.89. The van der Waals surface area contributed by atoms with Crippen molar-refractivity contribution in [2.75, 3.05) is 14.2 Å². The van der Waals surface area contributed by atoms with Gasteiger partial charge in [0.2, 0.25) is 5.91 Å². The summed E-state index contributed by atoms with van der Waals surface area (Å²) in [6, 6.07) is 5.27. The van der Waals surface area contributed by atoms with Crippen molar-refractivity contribution in [2.24, 2.45) is 0 Å². The van der Waals surface area contributed by atoms with Gasteiger partial charge in [0.15, 0.2) is 0 Å². The number of hydrogen-bond acceptors (Lipinski definition) is 3. The maximum atomic E-state index is 12.3. The molecule has 1 aromatic carbocycles. The lowest BCUT2D eigenvalue weighted by molar-refractivity contribution is -0.133. The van der Waals surface area contributed by atoms with Gasteiger partial charge < -0.3 is 4.74 Å². The number of methoxy groups -OCH3 is 1.